The van der Waals surface area contributed by atoms with Crippen molar-refractivity contribution in [2.75, 3.05) is 0 Å². The number of fused-ring (bicyclic) bond motifs is 1. The molecule has 66 valence electrons. The van der Waals surface area contributed by atoms with Crippen LogP contribution in [0.4, 0.5) is 0 Å². The lowest BCUT2D eigenvalue weighted by molar-refractivity contribution is 1.33. The Morgan fingerprint density at radius 3 is 2.77 bits per heavy atom. The highest BCUT2D eigenvalue weighted by Crippen LogP contribution is 2.31. The molecule has 0 bridgehead atoms. The van der Waals surface area contributed by atoms with E-state index in [-0.39, 0.29) is 4.29 Å². The van der Waals surface area contributed by atoms with Crippen molar-refractivity contribution in [2.45, 2.75) is 4.29 Å². The predicted molar refractivity (Wildman–Crippen MR) is 59.3 cm³/mol. The molecule has 1 heterocycles. The number of aromatic nitrogens is 1. The van der Waals surface area contributed by atoms with Crippen LogP contribution in [0, 0.1) is 0 Å². The minimum atomic E-state index is -0.175. The molecule has 0 fully saturated rings. The SMILES string of the molecule is ClC(Br)c1cccc2cccnc12. The van der Waals surface area contributed by atoms with Crippen LogP contribution < -0.4 is 0 Å². The van der Waals surface area contributed by atoms with Crippen LogP contribution in [0.1, 0.15) is 9.85 Å². The van der Waals surface area contributed by atoms with Gasteiger partial charge in [-0.2, -0.15) is 0 Å². The van der Waals surface area contributed by atoms with Gasteiger partial charge in [-0.3, -0.25) is 4.98 Å². The summed E-state index contributed by atoms with van der Waals surface area (Å²) < 4.78 is -0.175. The van der Waals surface area contributed by atoms with E-state index in [1.54, 1.807) is 6.20 Å². The number of nitrogens with zero attached hydrogens (tertiary/aromatic N) is 1. The second-order valence-electron chi connectivity index (χ2n) is 2.72. The van der Waals surface area contributed by atoms with E-state index in [2.05, 4.69) is 20.9 Å². The van der Waals surface area contributed by atoms with E-state index in [1.165, 1.54) is 0 Å². The van der Waals surface area contributed by atoms with Crippen molar-refractivity contribution < 1.29 is 0 Å². The Morgan fingerprint density at radius 1 is 1.23 bits per heavy atom. The first kappa shape index (κ1) is 8.97. The highest BCUT2D eigenvalue weighted by Gasteiger charge is 2.07. The zero-order valence-electron chi connectivity index (χ0n) is 6.74. The number of pyridine rings is 1. The lowest BCUT2D eigenvalue weighted by atomic mass is 10.1. The fraction of sp³-hybridized carbons (Fsp3) is 0.100. The Bertz CT molecular complexity index is 423. The van der Waals surface area contributed by atoms with Gasteiger partial charge >= 0.3 is 0 Å². The van der Waals surface area contributed by atoms with Crippen LogP contribution in [-0.4, -0.2) is 4.98 Å². The fourth-order valence-electron chi connectivity index (χ4n) is 1.30. The molecule has 1 atom stereocenters. The van der Waals surface area contributed by atoms with E-state index >= 15 is 0 Å². The van der Waals surface area contributed by atoms with E-state index in [0.717, 1.165) is 16.5 Å². The largest absolute Gasteiger partial charge is 0.256 e. The van der Waals surface area contributed by atoms with Crippen molar-refractivity contribution in [3.05, 3.63) is 42.1 Å². The molecule has 0 N–H and O–H groups in total. The molecule has 2 aromatic rings. The van der Waals surface area contributed by atoms with Crippen molar-refractivity contribution >= 4 is 38.4 Å². The van der Waals surface area contributed by atoms with Gasteiger partial charge in [-0.1, -0.05) is 40.2 Å². The van der Waals surface area contributed by atoms with Crippen molar-refractivity contribution in [2.24, 2.45) is 0 Å². The normalized spacial score (nSPS) is 13.1. The molecule has 0 aliphatic heterocycles. The van der Waals surface area contributed by atoms with Crippen LogP contribution >= 0.6 is 27.5 Å². The molecule has 0 spiro atoms. The summed E-state index contributed by atoms with van der Waals surface area (Å²) in [4.78, 5) is 4.29. The second kappa shape index (κ2) is 3.64. The summed E-state index contributed by atoms with van der Waals surface area (Å²) in [5.74, 6) is 0. The minimum absolute atomic E-state index is 0.175. The maximum Gasteiger partial charge on any atom is 0.116 e. The summed E-state index contributed by atoms with van der Waals surface area (Å²) >= 11 is 9.29. The van der Waals surface area contributed by atoms with E-state index in [4.69, 9.17) is 11.6 Å². The average Bonchev–Trinajstić information content (AvgIpc) is 2.17. The molecular weight excluding hydrogens is 249 g/mol. The van der Waals surface area contributed by atoms with Gasteiger partial charge in [-0.05, 0) is 6.07 Å². The molecule has 0 aliphatic rings. The number of hydrogen-bond donors (Lipinski definition) is 0. The van der Waals surface area contributed by atoms with Gasteiger partial charge in [-0.25, -0.2) is 0 Å². The second-order valence-corrected chi connectivity index (χ2v) is 4.60. The van der Waals surface area contributed by atoms with Crippen LogP contribution in [0.2, 0.25) is 0 Å². The van der Waals surface area contributed by atoms with E-state index in [0.29, 0.717) is 0 Å². The summed E-state index contributed by atoms with van der Waals surface area (Å²) in [5.41, 5.74) is 1.97. The summed E-state index contributed by atoms with van der Waals surface area (Å²) in [7, 11) is 0. The van der Waals surface area contributed by atoms with Gasteiger partial charge in [0.25, 0.3) is 0 Å². The summed E-state index contributed by atoms with van der Waals surface area (Å²) in [6, 6.07) is 9.93. The molecule has 3 heteroatoms. The Kier molecular flexibility index (Phi) is 2.51. The molecular formula is C10H7BrClN. The van der Waals surface area contributed by atoms with Gasteiger partial charge < -0.3 is 0 Å². The first-order valence-corrected chi connectivity index (χ1v) is 5.26. The number of alkyl halides is 2. The molecule has 1 nitrogen and oxygen atoms in total. The van der Waals surface area contributed by atoms with Gasteiger partial charge in [0.05, 0.1) is 5.52 Å². The number of halogens is 2. The number of hydrogen-bond acceptors (Lipinski definition) is 1. The molecule has 0 amide bonds. The number of benzene rings is 1. The van der Waals surface area contributed by atoms with Crippen LogP contribution in [0.15, 0.2) is 36.5 Å². The summed E-state index contributed by atoms with van der Waals surface area (Å²) in [6.07, 6.45) is 1.78. The van der Waals surface area contributed by atoms with Crippen LogP contribution in [0.25, 0.3) is 10.9 Å². The standard InChI is InChI=1S/C10H7BrClN/c11-10(12)8-5-1-3-7-4-2-6-13-9(7)8/h1-6,10H. The van der Waals surface area contributed by atoms with Crippen molar-refractivity contribution in [1.82, 2.24) is 4.98 Å². The minimum Gasteiger partial charge on any atom is -0.256 e. The molecule has 1 unspecified atom stereocenters. The molecule has 1 aromatic heterocycles. The zero-order valence-corrected chi connectivity index (χ0v) is 9.09. The first-order valence-electron chi connectivity index (χ1n) is 3.91. The Labute approximate surface area is 89.9 Å². The van der Waals surface area contributed by atoms with Gasteiger partial charge in [-0.15, -0.1) is 11.6 Å². The van der Waals surface area contributed by atoms with Gasteiger partial charge in [0.2, 0.25) is 0 Å². The third-order valence-electron chi connectivity index (χ3n) is 1.90. The molecule has 0 aliphatic carbocycles. The summed E-state index contributed by atoms with van der Waals surface area (Å²) in [6.45, 7) is 0. The van der Waals surface area contributed by atoms with Crippen molar-refractivity contribution in [3.8, 4) is 0 Å². The highest BCUT2D eigenvalue weighted by molar-refractivity contribution is 9.09. The lowest BCUT2D eigenvalue weighted by Gasteiger charge is -2.04. The number of para-hydroxylation sites is 1. The van der Waals surface area contributed by atoms with Gasteiger partial charge in [0, 0.05) is 17.1 Å². The fourth-order valence-corrected chi connectivity index (χ4v) is 1.85. The molecule has 0 saturated carbocycles. The maximum atomic E-state index is 5.96. The topological polar surface area (TPSA) is 12.9 Å². The first-order chi connectivity index (χ1) is 6.29. The van der Waals surface area contributed by atoms with Gasteiger partial charge in [0.15, 0.2) is 0 Å². The van der Waals surface area contributed by atoms with Crippen LogP contribution in [0.3, 0.4) is 0 Å². The Balaban J connectivity index is 2.76. The third-order valence-corrected chi connectivity index (χ3v) is 2.63. The quantitative estimate of drug-likeness (QED) is 0.706. The highest BCUT2D eigenvalue weighted by atomic mass is 79.9. The molecule has 1 aromatic carbocycles. The van der Waals surface area contributed by atoms with E-state index in [1.807, 2.05) is 30.3 Å². The van der Waals surface area contributed by atoms with Crippen molar-refractivity contribution in [3.63, 3.8) is 0 Å². The van der Waals surface area contributed by atoms with E-state index in [9.17, 15) is 0 Å². The third kappa shape index (κ3) is 1.69. The molecule has 13 heavy (non-hydrogen) atoms. The number of rotatable bonds is 1. The predicted octanol–water partition coefficient (Wildman–Crippen LogP) is 3.87. The lowest BCUT2D eigenvalue weighted by Crippen LogP contribution is -1.86. The van der Waals surface area contributed by atoms with Crippen LogP contribution in [-0.2, 0) is 0 Å². The Morgan fingerprint density at radius 2 is 2.00 bits per heavy atom. The average molecular weight is 257 g/mol. The molecule has 0 saturated heterocycles. The van der Waals surface area contributed by atoms with Gasteiger partial charge in [0.1, 0.15) is 4.29 Å². The molecule has 0 radical (unpaired) electrons. The van der Waals surface area contributed by atoms with Crippen LogP contribution in [0.5, 0.6) is 0 Å². The maximum absolute atomic E-state index is 5.96. The smallest absolute Gasteiger partial charge is 0.116 e. The van der Waals surface area contributed by atoms with Crippen molar-refractivity contribution in [1.29, 1.82) is 0 Å². The Hall–Kier alpha value is -0.600. The summed E-state index contributed by atoms with van der Waals surface area (Å²) in [5, 5.41) is 1.12. The monoisotopic (exact) mass is 255 g/mol. The van der Waals surface area contributed by atoms with E-state index < -0.39 is 0 Å². The molecule has 2 rings (SSSR count). The zero-order chi connectivity index (χ0) is 9.26.